The lowest BCUT2D eigenvalue weighted by Crippen LogP contribution is -2.38. The Bertz CT molecular complexity index is 992. The lowest BCUT2D eigenvalue weighted by Gasteiger charge is -2.24. The molecular weight excluding hydrogens is 434 g/mol. The molecule has 1 aliphatic rings. The average Bonchev–Trinajstić information content (AvgIpc) is 3.29. The summed E-state index contributed by atoms with van der Waals surface area (Å²) in [5, 5.41) is 9.56. The Morgan fingerprint density at radius 1 is 1.23 bits per heavy atom. The molecule has 0 aliphatic carbocycles. The number of hydrogen-bond donors (Lipinski definition) is 0. The van der Waals surface area contributed by atoms with E-state index in [-0.39, 0.29) is 35.2 Å². The Morgan fingerprint density at radius 3 is 2.52 bits per heavy atom. The fraction of sp³-hybridized carbons (Fsp3) is 0.571. The van der Waals surface area contributed by atoms with Gasteiger partial charge in [0.1, 0.15) is 0 Å². The van der Waals surface area contributed by atoms with Crippen LogP contribution in [0.3, 0.4) is 0 Å². The molecule has 1 amide bonds. The molecule has 1 aliphatic heterocycles. The van der Waals surface area contributed by atoms with Crippen molar-refractivity contribution in [2.45, 2.75) is 43.6 Å². The van der Waals surface area contributed by atoms with E-state index in [4.69, 9.17) is 0 Å². The highest BCUT2D eigenvalue weighted by Crippen LogP contribution is 2.27. The van der Waals surface area contributed by atoms with Gasteiger partial charge < -0.3 is 9.47 Å². The van der Waals surface area contributed by atoms with Crippen molar-refractivity contribution in [1.82, 2.24) is 24.6 Å². The molecule has 0 N–H and O–H groups in total. The number of carbonyl (C=O) groups is 1. The van der Waals surface area contributed by atoms with Crippen molar-refractivity contribution < 1.29 is 13.2 Å². The van der Waals surface area contributed by atoms with E-state index in [1.54, 1.807) is 11.9 Å². The Hall–Kier alpha value is -1.91. The number of thioether (sulfide) groups is 1. The van der Waals surface area contributed by atoms with Crippen molar-refractivity contribution in [3.05, 3.63) is 41.7 Å². The molecule has 170 valence electrons. The molecular formula is C21H31N5O3S2. The van der Waals surface area contributed by atoms with Crippen molar-refractivity contribution >= 4 is 27.5 Å². The fourth-order valence-corrected chi connectivity index (χ4v) is 6.50. The van der Waals surface area contributed by atoms with Crippen molar-refractivity contribution in [3.8, 4) is 0 Å². The Kier molecular flexibility index (Phi) is 7.77. The highest BCUT2D eigenvalue weighted by atomic mass is 32.2. The lowest BCUT2D eigenvalue weighted by atomic mass is 10.2. The molecule has 1 fully saturated rings. The Labute approximate surface area is 188 Å². The number of sulfone groups is 1. The second-order valence-corrected chi connectivity index (χ2v) is 11.3. The minimum absolute atomic E-state index is 0.0509. The molecule has 31 heavy (non-hydrogen) atoms. The zero-order valence-corrected chi connectivity index (χ0v) is 20.2. The molecule has 0 bridgehead atoms. The summed E-state index contributed by atoms with van der Waals surface area (Å²) in [6, 6.07) is 10.00. The minimum atomic E-state index is -3.03. The van der Waals surface area contributed by atoms with Gasteiger partial charge in [0.25, 0.3) is 0 Å². The third-order valence-electron chi connectivity index (χ3n) is 5.71. The van der Waals surface area contributed by atoms with Gasteiger partial charge in [-0.05, 0) is 32.5 Å². The summed E-state index contributed by atoms with van der Waals surface area (Å²) < 4.78 is 25.6. The van der Waals surface area contributed by atoms with Gasteiger partial charge in [0, 0.05) is 13.1 Å². The van der Waals surface area contributed by atoms with E-state index in [0.717, 1.165) is 17.8 Å². The van der Waals surface area contributed by atoms with Gasteiger partial charge in [-0.2, -0.15) is 0 Å². The summed E-state index contributed by atoms with van der Waals surface area (Å²) in [5.41, 5.74) is 1.14. The summed E-state index contributed by atoms with van der Waals surface area (Å²) in [4.78, 5) is 16.4. The second-order valence-electron chi connectivity index (χ2n) is 8.15. The maximum atomic E-state index is 12.7. The summed E-state index contributed by atoms with van der Waals surface area (Å²) in [6.45, 7) is 2.74. The zero-order chi connectivity index (χ0) is 22.6. The highest BCUT2D eigenvalue weighted by Gasteiger charge is 2.33. The van der Waals surface area contributed by atoms with Gasteiger partial charge in [0.15, 0.2) is 20.8 Å². The van der Waals surface area contributed by atoms with Crippen molar-refractivity contribution in [1.29, 1.82) is 0 Å². The molecule has 3 rings (SSSR count). The molecule has 0 unspecified atom stereocenters. The van der Waals surface area contributed by atoms with E-state index in [0.29, 0.717) is 18.1 Å². The van der Waals surface area contributed by atoms with Crippen LogP contribution in [0, 0.1) is 0 Å². The first-order chi connectivity index (χ1) is 14.7. The molecule has 2 heterocycles. The first kappa shape index (κ1) is 23.7. The molecule has 8 nitrogen and oxygen atoms in total. The summed E-state index contributed by atoms with van der Waals surface area (Å²) >= 11 is 1.35. The number of hydrogen-bond acceptors (Lipinski definition) is 7. The molecule has 1 saturated heterocycles. The number of amides is 1. The van der Waals surface area contributed by atoms with Gasteiger partial charge in [0.2, 0.25) is 5.91 Å². The third kappa shape index (κ3) is 5.87. The van der Waals surface area contributed by atoms with Crippen LogP contribution in [0.1, 0.15) is 37.2 Å². The third-order valence-corrected chi connectivity index (χ3v) is 8.41. The van der Waals surface area contributed by atoms with Crippen LogP contribution < -0.4 is 0 Å². The molecule has 0 radical (unpaired) electrons. The number of benzene rings is 1. The van der Waals surface area contributed by atoms with E-state index >= 15 is 0 Å². The average molecular weight is 466 g/mol. The Balaban J connectivity index is 1.77. The summed E-state index contributed by atoms with van der Waals surface area (Å²) in [7, 11) is 2.71. The molecule has 1 aromatic carbocycles. The van der Waals surface area contributed by atoms with Crippen molar-refractivity contribution in [3.63, 3.8) is 0 Å². The molecule has 0 saturated carbocycles. The van der Waals surface area contributed by atoms with Crippen LogP contribution in [-0.2, 0) is 21.2 Å². The van der Waals surface area contributed by atoms with Gasteiger partial charge >= 0.3 is 0 Å². The van der Waals surface area contributed by atoms with E-state index in [9.17, 15) is 13.2 Å². The SMILES string of the molecule is CC[C@@H](c1nnc(SCC(=O)N(C)[C@H]2CCS(=O)(=O)C2)n1Cc1ccccc1)N(C)C. The monoisotopic (exact) mass is 465 g/mol. The molecule has 0 spiro atoms. The van der Waals surface area contributed by atoms with Crippen LogP contribution >= 0.6 is 11.8 Å². The quantitative estimate of drug-likeness (QED) is 0.524. The number of carbonyl (C=O) groups excluding carboxylic acids is 1. The molecule has 10 heteroatoms. The Morgan fingerprint density at radius 2 is 1.94 bits per heavy atom. The lowest BCUT2D eigenvalue weighted by molar-refractivity contribution is -0.128. The van der Waals surface area contributed by atoms with Gasteiger partial charge in [-0.3, -0.25) is 9.69 Å². The summed E-state index contributed by atoms with van der Waals surface area (Å²) in [5.74, 6) is 1.18. The molecule has 2 atom stereocenters. The van der Waals surface area contributed by atoms with Crippen LogP contribution in [0.4, 0.5) is 0 Å². The van der Waals surface area contributed by atoms with Gasteiger partial charge in [-0.1, -0.05) is 49.0 Å². The van der Waals surface area contributed by atoms with E-state index < -0.39 is 9.84 Å². The normalized spacial score (nSPS) is 18.9. The number of rotatable bonds is 9. The number of nitrogens with zero attached hydrogens (tertiary/aromatic N) is 5. The first-order valence-electron chi connectivity index (χ1n) is 10.4. The first-order valence-corrected chi connectivity index (χ1v) is 13.2. The van der Waals surface area contributed by atoms with Crippen LogP contribution in [0.15, 0.2) is 35.5 Å². The smallest absolute Gasteiger partial charge is 0.233 e. The van der Waals surface area contributed by atoms with Gasteiger partial charge in [-0.25, -0.2) is 8.42 Å². The van der Waals surface area contributed by atoms with Crippen molar-refractivity contribution in [2.24, 2.45) is 0 Å². The maximum Gasteiger partial charge on any atom is 0.233 e. The topological polar surface area (TPSA) is 88.4 Å². The molecule has 2 aromatic rings. The number of aromatic nitrogens is 3. The van der Waals surface area contributed by atoms with E-state index in [1.807, 2.05) is 32.3 Å². The van der Waals surface area contributed by atoms with Crippen LogP contribution in [0.25, 0.3) is 0 Å². The molecule has 1 aromatic heterocycles. The van der Waals surface area contributed by atoms with Crippen LogP contribution in [0.5, 0.6) is 0 Å². The predicted octanol–water partition coefficient (Wildman–Crippen LogP) is 2.08. The van der Waals surface area contributed by atoms with E-state index in [1.165, 1.54) is 11.8 Å². The van der Waals surface area contributed by atoms with Crippen LogP contribution in [-0.4, -0.2) is 83.3 Å². The highest BCUT2D eigenvalue weighted by molar-refractivity contribution is 7.99. The van der Waals surface area contributed by atoms with Crippen molar-refractivity contribution in [2.75, 3.05) is 38.4 Å². The second kappa shape index (κ2) is 10.1. The zero-order valence-electron chi connectivity index (χ0n) is 18.6. The van der Waals surface area contributed by atoms with Gasteiger partial charge in [0.05, 0.1) is 29.8 Å². The van der Waals surface area contributed by atoms with Gasteiger partial charge in [-0.15, -0.1) is 10.2 Å². The maximum absolute atomic E-state index is 12.7. The standard InChI is InChI=1S/C21H31N5O3S2/c1-5-18(24(2)3)20-22-23-21(26(20)13-16-9-7-6-8-10-16)30-14-19(27)25(4)17-11-12-31(28,29)15-17/h6-10,17-18H,5,11-15H2,1-4H3/t17-,18-/m0/s1. The van der Waals surface area contributed by atoms with E-state index in [2.05, 4.69) is 38.7 Å². The fourth-order valence-electron chi connectivity index (χ4n) is 3.86. The van der Waals surface area contributed by atoms with Crippen LogP contribution in [0.2, 0.25) is 0 Å². The largest absolute Gasteiger partial charge is 0.341 e. The minimum Gasteiger partial charge on any atom is -0.341 e. The predicted molar refractivity (Wildman–Crippen MR) is 123 cm³/mol. The summed E-state index contributed by atoms with van der Waals surface area (Å²) in [6.07, 6.45) is 1.40.